The second-order valence-electron chi connectivity index (χ2n) is 7.38. The van der Waals surface area contributed by atoms with Crippen molar-refractivity contribution in [2.24, 2.45) is 5.92 Å². The third-order valence-corrected chi connectivity index (χ3v) is 4.84. The lowest BCUT2D eigenvalue weighted by molar-refractivity contribution is -0.115. The van der Waals surface area contributed by atoms with Crippen LogP contribution in [-0.2, 0) is 11.2 Å². The van der Waals surface area contributed by atoms with E-state index in [4.69, 9.17) is 0 Å². The molecule has 0 aromatic heterocycles. The molecule has 0 saturated carbocycles. The van der Waals surface area contributed by atoms with Crippen molar-refractivity contribution in [1.82, 2.24) is 5.32 Å². The molecule has 0 saturated heterocycles. The Morgan fingerprint density at radius 3 is 2.11 bits per heavy atom. The Kier molecular flexibility index (Phi) is 6.99. The van der Waals surface area contributed by atoms with Gasteiger partial charge in [-0.2, -0.15) is 0 Å². The van der Waals surface area contributed by atoms with Crippen molar-refractivity contribution in [3.63, 3.8) is 0 Å². The minimum atomic E-state index is -0.0258. The molecule has 3 nitrogen and oxygen atoms in total. The van der Waals surface area contributed by atoms with Gasteiger partial charge >= 0.3 is 0 Å². The van der Waals surface area contributed by atoms with Gasteiger partial charge in [0.25, 0.3) is 0 Å². The van der Waals surface area contributed by atoms with Crippen molar-refractivity contribution in [3.8, 4) is 0 Å². The molecule has 1 amide bonds. The Morgan fingerprint density at radius 1 is 0.821 bits per heavy atom. The van der Waals surface area contributed by atoms with Crippen LogP contribution in [-0.4, -0.2) is 12.5 Å². The highest BCUT2D eigenvalue weighted by molar-refractivity contribution is 5.93. The largest absolute Gasteiger partial charge is 0.325 e. The van der Waals surface area contributed by atoms with Gasteiger partial charge in [-0.05, 0) is 35.1 Å². The monoisotopic (exact) mass is 372 g/mol. The fraction of sp³-hybridized carbons (Fsp3) is 0.240. The van der Waals surface area contributed by atoms with Gasteiger partial charge in [0.2, 0.25) is 5.91 Å². The van der Waals surface area contributed by atoms with Gasteiger partial charge < -0.3 is 10.6 Å². The van der Waals surface area contributed by atoms with E-state index in [0.717, 1.165) is 17.7 Å². The second kappa shape index (κ2) is 9.86. The Bertz CT molecular complexity index is 875. The molecule has 0 heterocycles. The number of para-hydroxylation sites is 1. The second-order valence-corrected chi connectivity index (χ2v) is 7.38. The molecule has 3 rings (SSSR count). The molecule has 28 heavy (non-hydrogen) atoms. The molecule has 0 aliphatic rings. The molecular formula is C25H28N2O. The fourth-order valence-electron chi connectivity index (χ4n) is 3.41. The molecule has 0 aliphatic carbocycles. The lowest BCUT2D eigenvalue weighted by Crippen LogP contribution is -2.33. The first-order valence-electron chi connectivity index (χ1n) is 9.83. The molecular weight excluding hydrogens is 344 g/mol. The maximum absolute atomic E-state index is 12.6. The number of rotatable bonds is 8. The third-order valence-electron chi connectivity index (χ3n) is 4.84. The zero-order valence-electron chi connectivity index (χ0n) is 16.6. The van der Waals surface area contributed by atoms with Gasteiger partial charge in [-0.1, -0.05) is 92.7 Å². The van der Waals surface area contributed by atoms with Crippen LogP contribution in [0.25, 0.3) is 0 Å². The smallest absolute Gasteiger partial charge is 0.238 e. The van der Waals surface area contributed by atoms with Gasteiger partial charge in [0.15, 0.2) is 0 Å². The van der Waals surface area contributed by atoms with Crippen LogP contribution in [0.3, 0.4) is 0 Å². The van der Waals surface area contributed by atoms with Crippen molar-refractivity contribution in [3.05, 3.63) is 102 Å². The summed E-state index contributed by atoms with van der Waals surface area (Å²) in [6.45, 7) is 4.60. The standard InChI is InChI=1S/C25H28N2O/c1-19(2)25(21-13-7-4-8-14-21)26-18-24(28)27-23-16-10-9-15-22(23)17-20-11-5-3-6-12-20/h3-16,19,25-26H,17-18H2,1-2H3,(H,27,28)/t25-/m0/s1. The normalized spacial score (nSPS) is 12.0. The topological polar surface area (TPSA) is 41.1 Å². The summed E-state index contributed by atoms with van der Waals surface area (Å²) in [4.78, 5) is 12.6. The Morgan fingerprint density at radius 2 is 1.43 bits per heavy atom. The molecule has 0 unspecified atom stereocenters. The molecule has 0 spiro atoms. The van der Waals surface area contributed by atoms with Crippen LogP contribution in [0.4, 0.5) is 5.69 Å². The number of benzene rings is 3. The molecule has 0 fully saturated rings. The zero-order chi connectivity index (χ0) is 19.8. The van der Waals surface area contributed by atoms with E-state index >= 15 is 0 Å². The number of amides is 1. The lowest BCUT2D eigenvalue weighted by Gasteiger charge is -2.23. The van der Waals surface area contributed by atoms with E-state index in [0.29, 0.717) is 5.92 Å². The SMILES string of the molecule is CC(C)[C@H](NCC(=O)Nc1ccccc1Cc1ccccc1)c1ccccc1. The van der Waals surface area contributed by atoms with Crippen molar-refractivity contribution < 1.29 is 4.79 Å². The summed E-state index contributed by atoms with van der Waals surface area (Å²) in [7, 11) is 0. The van der Waals surface area contributed by atoms with Gasteiger partial charge in [0.05, 0.1) is 6.54 Å². The number of carbonyl (C=O) groups excluding carboxylic acids is 1. The van der Waals surface area contributed by atoms with Crippen molar-refractivity contribution in [2.45, 2.75) is 26.3 Å². The van der Waals surface area contributed by atoms with Crippen LogP contribution < -0.4 is 10.6 Å². The quantitative estimate of drug-likeness (QED) is 0.570. The summed E-state index contributed by atoms with van der Waals surface area (Å²) < 4.78 is 0. The van der Waals surface area contributed by atoms with Gasteiger partial charge in [-0.15, -0.1) is 0 Å². The average molecular weight is 373 g/mol. The number of hydrogen-bond acceptors (Lipinski definition) is 2. The molecule has 0 bridgehead atoms. The van der Waals surface area contributed by atoms with E-state index in [-0.39, 0.29) is 18.5 Å². The third kappa shape index (κ3) is 5.54. The minimum Gasteiger partial charge on any atom is -0.325 e. The van der Waals surface area contributed by atoms with E-state index in [9.17, 15) is 4.79 Å². The molecule has 3 aromatic carbocycles. The van der Waals surface area contributed by atoms with E-state index in [1.165, 1.54) is 11.1 Å². The van der Waals surface area contributed by atoms with E-state index < -0.39 is 0 Å². The van der Waals surface area contributed by atoms with Crippen molar-refractivity contribution >= 4 is 11.6 Å². The zero-order valence-corrected chi connectivity index (χ0v) is 16.6. The van der Waals surface area contributed by atoms with Crippen LogP contribution in [0, 0.1) is 5.92 Å². The highest BCUT2D eigenvalue weighted by Gasteiger charge is 2.16. The molecule has 2 N–H and O–H groups in total. The summed E-state index contributed by atoms with van der Waals surface area (Å²) in [5, 5.41) is 6.49. The molecule has 1 atom stereocenters. The van der Waals surface area contributed by atoms with E-state index in [1.54, 1.807) is 0 Å². The number of hydrogen-bond donors (Lipinski definition) is 2. The average Bonchev–Trinajstić information content (AvgIpc) is 2.71. The fourth-order valence-corrected chi connectivity index (χ4v) is 3.41. The highest BCUT2D eigenvalue weighted by Crippen LogP contribution is 2.22. The van der Waals surface area contributed by atoms with Crippen LogP contribution >= 0.6 is 0 Å². The summed E-state index contributed by atoms with van der Waals surface area (Å²) in [5.41, 5.74) is 4.42. The summed E-state index contributed by atoms with van der Waals surface area (Å²) in [6, 6.07) is 28.7. The highest BCUT2D eigenvalue weighted by atomic mass is 16.1. The van der Waals surface area contributed by atoms with E-state index in [2.05, 4.69) is 54.8 Å². The molecule has 3 heteroatoms. The molecule has 3 aromatic rings. The Labute approximate surface area is 167 Å². The first-order chi connectivity index (χ1) is 13.6. The van der Waals surface area contributed by atoms with Gasteiger partial charge in [0.1, 0.15) is 0 Å². The molecule has 0 aliphatic heterocycles. The van der Waals surface area contributed by atoms with Crippen molar-refractivity contribution in [2.75, 3.05) is 11.9 Å². The first-order valence-corrected chi connectivity index (χ1v) is 9.83. The Hall–Kier alpha value is -2.91. The van der Waals surface area contributed by atoms with E-state index in [1.807, 2.05) is 54.6 Å². The maximum atomic E-state index is 12.6. The van der Waals surface area contributed by atoms with Crippen LogP contribution in [0.1, 0.15) is 36.6 Å². The first kappa shape index (κ1) is 19.8. The molecule has 0 radical (unpaired) electrons. The number of carbonyl (C=O) groups is 1. The number of anilines is 1. The Balaban J connectivity index is 1.63. The van der Waals surface area contributed by atoms with Crippen LogP contribution in [0.15, 0.2) is 84.9 Å². The minimum absolute atomic E-state index is 0.0258. The van der Waals surface area contributed by atoms with Gasteiger partial charge in [0, 0.05) is 11.7 Å². The molecule has 144 valence electrons. The summed E-state index contributed by atoms with van der Waals surface area (Å²) in [5.74, 6) is 0.364. The predicted octanol–water partition coefficient (Wildman–Crippen LogP) is 5.20. The maximum Gasteiger partial charge on any atom is 0.238 e. The van der Waals surface area contributed by atoms with Gasteiger partial charge in [-0.3, -0.25) is 4.79 Å². The van der Waals surface area contributed by atoms with Crippen LogP contribution in [0.2, 0.25) is 0 Å². The summed E-state index contributed by atoms with van der Waals surface area (Å²) in [6.07, 6.45) is 0.795. The number of nitrogens with one attached hydrogen (secondary N) is 2. The predicted molar refractivity (Wildman–Crippen MR) is 116 cm³/mol. The lowest BCUT2D eigenvalue weighted by atomic mass is 9.96. The summed E-state index contributed by atoms with van der Waals surface area (Å²) >= 11 is 0. The van der Waals surface area contributed by atoms with Gasteiger partial charge in [-0.25, -0.2) is 0 Å². The van der Waals surface area contributed by atoms with Crippen LogP contribution in [0.5, 0.6) is 0 Å². The van der Waals surface area contributed by atoms with Crippen molar-refractivity contribution in [1.29, 1.82) is 0 Å².